The predicted molar refractivity (Wildman–Crippen MR) is 145 cm³/mol. The fraction of sp³-hybridized carbons (Fsp3) is 0.120. The maximum Gasteiger partial charge on any atom is 0.329 e. The van der Waals surface area contributed by atoms with E-state index >= 15 is 0 Å². The Morgan fingerprint density at radius 3 is 2.35 bits per heavy atom. The van der Waals surface area contributed by atoms with Crippen LogP contribution in [0.4, 0.5) is 4.79 Å². The van der Waals surface area contributed by atoms with Crippen molar-refractivity contribution in [3.63, 3.8) is 0 Å². The molecule has 0 aromatic heterocycles. The first kappa shape index (κ1) is 24.7. The summed E-state index contributed by atoms with van der Waals surface area (Å²) in [7, 11) is 1.55. The number of carbonyl (C=O) groups is 2. The fourth-order valence-corrected chi connectivity index (χ4v) is 4.55. The maximum absolute atomic E-state index is 12.9. The van der Waals surface area contributed by atoms with Crippen LogP contribution in [0.15, 0.2) is 75.3 Å². The number of hydrogen-bond acceptors (Lipinski definition) is 4. The molecule has 1 fully saturated rings. The Kier molecular flexibility index (Phi) is 7.95. The van der Waals surface area contributed by atoms with Crippen molar-refractivity contribution in [1.29, 1.82) is 0 Å². The topological polar surface area (TPSA) is 67.9 Å². The first-order valence-corrected chi connectivity index (χ1v) is 12.8. The van der Waals surface area contributed by atoms with Gasteiger partial charge in [0.15, 0.2) is 11.5 Å². The summed E-state index contributed by atoms with van der Waals surface area (Å²) in [6.45, 7) is 0.569. The van der Waals surface area contributed by atoms with Crippen molar-refractivity contribution in [2.45, 2.75) is 13.2 Å². The summed E-state index contributed by atoms with van der Waals surface area (Å²) in [6.07, 6.45) is 1.62. The molecule has 1 heterocycles. The molecule has 1 aliphatic heterocycles. The number of imide groups is 1. The highest BCUT2D eigenvalue weighted by Crippen LogP contribution is 2.38. The predicted octanol–water partition coefficient (Wildman–Crippen LogP) is 6.50. The lowest BCUT2D eigenvalue weighted by atomic mass is 10.1. The van der Waals surface area contributed by atoms with E-state index in [1.54, 1.807) is 19.3 Å². The number of halogens is 3. The van der Waals surface area contributed by atoms with Gasteiger partial charge in [0.1, 0.15) is 12.3 Å². The fourth-order valence-electron chi connectivity index (χ4n) is 3.35. The molecule has 6 nitrogen and oxygen atoms in total. The Bertz CT molecular complexity index is 1260. The van der Waals surface area contributed by atoms with Crippen molar-refractivity contribution < 1.29 is 19.1 Å². The zero-order chi connectivity index (χ0) is 24.2. The number of methoxy groups -OCH3 is 1. The Hall–Kier alpha value is -2.37. The quantitative estimate of drug-likeness (QED) is 0.174. The Labute approximate surface area is 227 Å². The van der Waals surface area contributed by atoms with Gasteiger partial charge >= 0.3 is 6.03 Å². The highest BCUT2D eigenvalue weighted by molar-refractivity contribution is 14.1. The molecule has 3 amide bonds. The minimum absolute atomic E-state index is 0.188. The van der Waals surface area contributed by atoms with Crippen LogP contribution in [0.1, 0.15) is 16.7 Å². The van der Waals surface area contributed by atoms with Gasteiger partial charge in [-0.2, -0.15) is 0 Å². The number of nitrogens with one attached hydrogen (secondary N) is 1. The van der Waals surface area contributed by atoms with Gasteiger partial charge in [-0.05, 0) is 97.7 Å². The highest BCUT2D eigenvalue weighted by atomic mass is 127. The molecule has 1 N–H and O–H groups in total. The summed E-state index contributed by atoms with van der Waals surface area (Å²) in [6, 6.07) is 18.7. The molecular weight excluding hydrogens is 679 g/mol. The highest BCUT2D eigenvalue weighted by Gasteiger charge is 2.33. The number of nitrogens with zero attached hydrogens (tertiary/aromatic N) is 1. The van der Waals surface area contributed by atoms with Crippen LogP contribution in [0, 0.1) is 3.57 Å². The molecule has 0 spiro atoms. The van der Waals surface area contributed by atoms with Crippen molar-refractivity contribution in [3.05, 3.63) is 95.6 Å². The van der Waals surface area contributed by atoms with Gasteiger partial charge in [-0.1, -0.05) is 40.2 Å². The molecule has 1 saturated heterocycles. The van der Waals surface area contributed by atoms with Crippen molar-refractivity contribution in [3.8, 4) is 11.5 Å². The molecule has 0 bridgehead atoms. The van der Waals surface area contributed by atoms with Gasteiger partial charge < -0.3 is 14.8 Å². The Morgan fingerprint density at radius 2 is 1.68 bits per heavy atom. The second kappa shape index (κ2) is 10.9. The lowest BCUT2D eigenvalue weighted by molar-refractivity contribution is -0.123. The molecular formula is C25H19Br2IN2O4. The van der Waals surface area contributed by atoms with Gasteiger partial charge in [0, 0.05) is 8.04 Å². The van der Waals surface area contributed by atoms with E-state index in [-0.39, 0.29) is 18.1 Å². The minimum atomic E-state index is -0.456. The van der Waals surface area contributed by atoms with Gasteiger partial charge in [0.05, 0.1) is 18.1 Å². The lowest BCUT2D eigenvalue weighted by Crippen LogP contribution is -2.30. The molecule has 174 valence electrons. The first-order chi connectivity index (χ1) is 16.3. The number of ether oxygens (including phenoxy) is 2. The van der Waals surface area contributed by atoms with Crippen LogP contribution >= 0.6 is 54.5 Å². The minimum Gasteiger partial charge on any atom is -0.493 e. The van der Waals surface area contributed by atoms with E-state index in [1.165, 1.54) is 4.90 Å². The van der Waals surface area contributed by atoms with E-state index in [4.69, 9.17) is 9.47 Å². The largest absolute Gasteiger partial charge is 0.493 e. The molecule has 0 aliphatic carbocycles. The molecule has 4 rings (SSSR count). The molecule has 3 aromatic rings. The SMILES string of the molecule is COc1cc(/C=C2/NC(=O)N(Cc3ccc(Br)cc3)C2=O)cc(Br)c1OCc1ccc(I)cc1. The third kappa shape index (κ3) is 5.81. The Morgan fingerprint density at radius 1 is 1.00 bits per heavy atom. The second-order valence-electron chi connectivity index (χ2n) is 7.46. The monoisotopic (exact) mass is 696 g/mol. The lowest BCUT2D eigenvalue weighted by Gasteiger charge is -2.14. The zero-order valence-electron chi connectivity index (χ0n) is 18.0. The smallest absolute Gasteiger partial charge is 0.329 e. The average Bonchev–Trinajstić information content (AvgIpc) is 3.07. The van der Waals surface area contributed by atoms with Crippen molar-refractivity contribution >= 4 is 72.5 Å². The van der Waals surface area contributed by atoms with Crippen LogP contribution in [-0.2, 0) is 17.9 Å². The molecule has 0 saturated carbocycles. The van der Waals surface area contributed by atoms with Gasteiger partial charge in [-0.15, -0.1) is 0 Å². The Balaban J connectivity index is 1.52. The maximum atomic E-state index is 12.9. The summed E-state index contributed by atoms with van der Waals surface area (Å²) in [5.41, 5.74) is 2.76. The van der Waals surface area contributed by atoms with Crippen molar-refractivity contribution in [1.82, 2.24) is 10.2 Å². The van der Waals surface area contributed by atoms with Crippen LogP contribution < -0.4 is 14.8 Å². The molecule has 1 aliphatic rings. The van der Waals surface area contributed by atoms with Gasteiger partial charge in [-0.3, -0.25) is 9.69 Å². The van der Waals surface area contributed by atoms with E-state index in [2.05, 4.69) is 59.8 Å². The number of carbonyl (C=O) groups excluding carboxylic acids is 2. The van der Waals surface area contributed by atoms with E-state index in [0.717, 1.165) is 19.2 Å². The van der Waals surface area contributed by atoms with E-state index in [1.807, 2.05) is 54.6 Å². The molecule has 3 aromatic carbocycles. The molecule has 0 unspecified atom stereocenters. The van der Waals surface area contributed by atoms with Crippen molar-refractivity contribution in [2.24, 2.45) is 0 Å². The number of urea groups is 1. The van der Waals surface area contributed by atoms with Crippen LogP contribution in [0.5, 0.6) is 11.5 Å². The van der Waals surface area contributed by atoms with E-state index in [0.29, 0.717) is 28.1 Å². The average molecular weight is 698 g/mol. The van der Waals surface area contributed by atoms with Gasteiger partial charge in [0.2, 0.25) is 0 Å². The second-order valence-corrected chi connectivity index (χ2v) is 10.5. The van der Waals surface area contributed by atoms with E-state index < -0.39 is 6.03 Å². The van der Waals surface area contributed by atoms with Crippen LogP contribution in [0.3, 0.4) is 0 Å². The zero-order valence-corrected chi connectivity index (χ0v) is 23.3. The summed E-state index contributed by atoms with van der Waals surface area (Å²) < 4.78 is 14.3. The molecule has 0 atom stereocenters. The van der Waals surface area contributed by atoms with Crippen molar-refractivity contribution in [2.75, 3.05) is 7.11 Å². The van der Waals surface area contributed by atoms with E-state index in [9.17, 15) is 9.59 Å². The number of rotatable bonds is 7. The van der Waals surface area contributed by atoms with Crippen LogP contribution in [0.2, 0.25) is 0 Å². The first-order valence-electron chi connectivity index (χ1n) is 10.2. The van der Waals surface area contributed by atoms with Gasteiger partial charge in [0.25, 0.3) is 5.91 Å². The number of amides is 3. The molecule has 34 heavy (non-hydrogen) atoms. The third-order valence-electron chi connectivity index (χ3n) is 5.08. The molecule has 0 radical (unpaired) electrons. The molecule has 9 heteroatoms. The van der Waals surface area contributed by atoms with Gasteiger partial charge in [-0.25, -0.2) is 4.79 Å². The third-order valence-corrected chi connectivity index (χ3v) is 6.91. The van der Waals surface area contributed by atoms with Crippen LogP contribution in [-0.4, -0.2) is 23.9 Å². The standard InChI is InChI=1S/C25H19Br2IN2O4/c1-33-22-12-17(10-20(27)23(22)34-14-16-4-8-19(28)9-5-16)11-21-24(31)30(25(32)29-21)13-15-2-6-18(26)7-3-15/h2-12H,13-14H2,1H3,(H,29,32)/b21-11+. The summed E-state index contributed by atoms with van der Waals surface area (Å²) in [5, 5.41) is 2.66. The van der Waals surface area contributed by atoms with Crippen LogP contribution in [0.25, 0.3) is 6.08 Å². The summed E-state index contributed by atoms with van der Waals surface area (Å²) in [5.74, 6) is 0.680. The number of hydrogen-bond donors (Lipinski definition) is 1. The summed E-state index contributed by atoms with van der Waals surface area (Å²) in [4.78, 5) is 26.5. The number of benzene rings is 3. The normalized spacial score (nSPS) is 14.5. The summed E-state index contributed by atoms with van der Waals surface area (Å²) >= 11 is 9.18.